The minimum Gasteiger partial charge on any atom is -0.466 e. The quantitative estimate of drug-likeness (QED) is 0.355. The molecule has 0 amide bonds. The molecule has 0 aliphatic rings. The Balaban J connectivity index is 1.81. The number of nitrogens with one attached hydrogen (secondary N) is 2. The Morgan fingerprint density at radius 3 is 2.74 bits per heavy atom. The summed E-state index contributed by atoms with van der Waals surface area (Å²) < 4.78 is 7.07. The number of rotatable bonds is 9. The van der Waals surface area contributed by atoms with Crippen LogP contribution in [-0.4, -0.2) is 35.3 Å². The van der Waals surface area contributed by atoms with Crippen LogP contribution < -0.4 is 16.2 Å². The monoisotopic (exact) mass is 374 g/mol. The molecule has 0 aromatic carbocycles. The summed E-state index contributed by atoms with van der Waals surface area (Å²) >= 11 is 0. The maximum atomic E-state index is 11.9. The van der Waals surface area contributed by atoms with Gasteiger partial charge in [-0.25, -0.2) is 4.99 Å². The molecule has 0 aliphatic carbocycles. The highest BCUT2D eigenvalue weighted by Gasteiger charge is 2.25. The van der Waals surface area contributed by atoms with Gasteiger partial charge in [0, 0.05) is 31.4 Å². The third-order valence-corrected chi connectivity index (χ3v) is 4.31. The van der Waals surface area contributed by atoms with Gasteiger partial charge < -0.3 is 24.7 Å². The van der Waals surface area contributed by atoms with Crippen LogP contribution >= 0.6 is 0 Å². The van der Waals surface area contributed by atoms with E-state index < -0.39 is 5.60 Å². The second kappa shape index (κ2) is 9.97. The van der Waals surface area contributed by atoms with Gasteiger partial charge in [0.2, 0.25) is 0 Å². The first-order valence-electron chi connectivity index (χ1n) is 9.39. The van der Waals surface area contributed by atoms with E-state index in [1.807, 2.05) is 19.9 Å². The van der Waals surface area contributed by atoms with Gasteiger partial charge in [0.1, 0.15) is 11.4 Å². The van der Waals surface area contributed by atoms with E-state index in [1.165, 1.54) is 6.26 Å². The summed E-state index contributed by atoms with van der Waals surface area (Å²) in [5.41, 5.74) is -0.138. The number of aliphatic hydroxyl groups is 1. The zero-order valence-corrected chi connectivity index (χ0v) is 16.4. The molecule has 0 fully saturated rings. The van der Waals surface area contributed by atoms with E-state index in [2.05, 4.69) is 15.6 Å². The molecule has 0 aliphatic heterocycles. The van der Waals surface area contributed by atoms with Crippen LogP contribution in [0.4, 0.5) is 0 Å². The lowest BCUT2D eigenvalue weighted by atomic mass is 10.0. The molecule has 0 bridgehead atoms. The van der Waals surface area contributed by atoms with Crippen molar-refractivity contribution >= 4 is 5.96 Å². The fourth-order valence-corrected chi connectivity index (χ4v) is 2.75. The Labute approximate surface area is 160 Å². The van der Waals surface area contributed by atoms with Gasteiger partial charge in [-0.1, -0.05) is 6.07 Å². The molecule has 0 saturated heterocycles. The van der Waals surface area contributed by atoms with Crippen molar-refractivity contribution in [1.29, 1.82) is 0 Å². The van der Waals surface area contributed by atoms with E-state index in [9.17, 15) is 9.90 Å². The Bertz CT molecular complexity index is 779. The second-order valence-corrected chi connectivity index (χ2v) is 6.74. The van der Waals surface area contributed by atoms with Crippen LogP contribution in [0.15, 0.2) is 50.8 Å². The predicted octanol–water partition coefficient (Wildman–Crippen LogP) is 1.99. The van der Waals surface area contributed by atoms with Crippen molar-refractivity contribution in [3.05, 3.63) is 58.4 Å². The van der Waals surface area contributed by atoms with Gasteiger partial charge in [-0.05, 0) is 51.8 Å². The normalized spacial score (nSPS) is 14.0. The highest BCUT2D eigenvalue weighted by molar-refractivity contribution is 5.79. The maximum absolute atomic E-state index is 11.9. The summed E-state index contributed by atoms with van der Waals surface area (Å²) in [6.07, 6.45) is 3.33. The number of hydrogen-bond acceptors (Lipinski definition) is 4. The van der Waals surface area contributed by atoms with E-state index in [0.717, 1.165) is 31.6 Å². The standard InChI is InChI=1S/C20H30N4O3/c1-4-21-19(23-15-20(3,26)17-10-8-14-27-17)22-12-5-6-13-24-16(2)9-7-11-18(24)25/h7-11,14,26H,4-6,12-13,15H2,1-3H3,(H2,21,22,23). The number of hydrogen-bond donors (Lipinski definition) is 3. The molecule has 2 aromatic heterocycles. The van der Waals surface area contributed by atoms with Gasteiger partial charge in [0.05, 0.1) is 12.8 Å². The van der Waals surface area contributed by atoms with Crippen LogP contribution in [0, 0.1) is 6.92 Å². The second-order valence-electron chi connectivity index (χ2n) is 6.74. The van der Waals surface area contributed by atoms with Gasteiger partial charge >= 0.3 is 0 Å². The molecule has 7 heteroatoms. The Kier molecular flexibility index (Phi) is 7.67. The first-order valence-corrected chi connectivity index (χ1v) is 9.39. The number of furan rings is 1. The van der Waals surface area contributed by atoms with Crippen molar-refractivity contribution in [2.45, 2.75) is 45.8 Å². The van der Waals surface area contributed by atoms with Crippen molar-refractivity contribution in [2.75, 3.05) is 19.6 Å². The molecule has 27 heavy (non-hydrogen) atoms. The molecule has 148 valence electrons. The Hall–Kier alpha value is -2.54. The van der Waals surface area contributed by atoms with Gasteiger partial charge in [-0.15, -0.1) is 0 Å². The minimum absolute atomic E-state index is 0.0398. The third-order valence-electron chi connectivity index (χ3n) is 4.31. The lowest BCUT2D eigenvalue weighted by Gasteiger charge is -2.19. The highest BCUT2D eigenvalue weighted by Crippen LogP contribution is 2.20. The average molecular weight is 374 g/mol. The van der Waals surface area contributed by atoms with Gasteiger partial charge in [-0.2, -0.15) is 0 Å². The maximum Gasteiger partial charge on any atom is 0.250 e. The van der Waals surface area contributed by atoms with Crippen molar-refractivity contribution in [1.82, 2.24) is 15.2 Å². The van der Waals surface area contributed by atoms with Crippen molar-refractivity contribution < 1.29 is 9.52 Å². The SMILES string of the molecule is CCNC(=NCC(C)(O)c1ccco1)NCCCCn1c(C)cccc1=O. The fourth-order valence-electron chi connectivity index (χ4n) is 2.75. The third kappa shape index (κ3) is 6.29. The van der Waals surface area contributed by atoms with E-state index >= 15 is 0 Å². The summed E-state index contributed by atoms with van der Waals surface area (Å²) in [7, 11) is 0. The molecule has 1 unspecified atom stereocenters. The van der Waals surface area contributed by atoms with E-state index in [4.69, 9.17) is 4.42 Å². The summed E-state index contributed by atoms with van der Waals surface area (Å²) in [4.78, 5) is 16.3. The first kappa shape index (κ1) is 20.8. The number of aromatic nitrogens is 1. The number of unbranched alkanes of at least 4 members (excludes halogenated alkanes) is 1. The number of nitrogens with zero attached hydrogens (tertiary/aromatic N) is 2. The summed E-state index contributed by atoms with van der Waals surface area (Å²) in [5.74, 6) is 1.14. The number of aryl methyl sites for hydroxylation is 1. The molecule has 0 saturated carbocycles. The van der Waals surface area contributed by atoms with Crippen molar-refractivity contribution in [2.24, 2.45) is 4.99 Å². The average Bonchev–Trinajstić information content (AvgIpc) is 3.17. The zero-order valence-electron chi connectivity index (χ0n) is 16.4. The van der Waals surface area contributed by atoms with Crippen LogP contribution in [0.2, 0.25) is 0 Å². The molecule has 2 aromatic rings. The van der Waals surface area contributed by atoms with Gasteiger partial charge in [-0.3, -0.25) is 4.79 Å². The van der Waals surface area contributed by atoms with Gasteiger partial charge in [0.25, 0.3) is 5.56 Å². The van der Waals surface area contributed by atoms with Crippen LogP contribution in [0.5, 0.6) is 0 Å². The molecule has 3 N–H and O–H groups in total. The smallest absolute Gasteiger partial charge is 0.250 e. The van der Waals surface area contributed by atoms with E-state index in [1.54, 1.807) is 35.8 Å². The number of pyridine rings is 1. The number of guanidine groups is 1. The fraction of sp³-hybridized carbons (Fsp3) is 0.500. The molecule has 2 heterocycles. The summed E-state index contributed by atoms with van der Waals surface area (Å²) in [5, 5.41) is 16.9. The molecule has 0 spiro atoms. The predicted molar refractivity (Wildman–Crippen MR) is 107 cm³/mol. The topological polar surface area (TPSA) is 91.8 Å². The Morgan fingerprint density at radius 2 is 2.07 bits per heavy atom. The molecule has 0 radical (unpaired) electrons. The largest absolute Gasteiger partial charge is 0.466 e. The number of aliphatic imine (C=N–C) groups is 1. The zero-order chi connectivity index (χ0) is 19.7. The molecular weight excluding hydrogens is 344 g/mol. The summed E-state index contributed by atoms with van der Waals surface area (Å²) in [6.45, 7) is 7.97. The summed E-state index contributed by atoms with van der Waals surface area (Å²) in [6, 6.07) is 8.80. The van der Waals surface area contributed by atoms with Crippen LogP contribution in [-0.2, 0) is 12.1 Å². The van der Waals surface area contributed by atoms with Crippen molar-refractivity contribution in [3.8, 4) is 0 Å². The van der Waals surface area contributed by atoms with E-state index in [-0.39, 0.29) is 12.1 Å². The van der Waals surface area contributed by atoms with Crippen LogP contribution in [0.3, 0.4) is 0 Å². The Morgan fingerprint density at radius 1 is 1.26 bits per heavy atom. The lowest BCUT2D eigenvalue weighted by Crippen LogP contribution is -2.39. The van der Waals surface area contributed by atoms with Crippen LogP contribution in [0.1, 0.15) is 38.1 Å². The lowest BCUT2D eigenvalue weighted by molar-refractivity contribution is 0.0437. The first-order chi connectivity index (χ1) is 12.9. The highest BCUT2D eigenvalue weighted by atomic mass is 16.4. The molecule has 2 rings (SSSR count). The molecule has 1 atom stereocenters. The van der Waals surface area contributed by atoms with Crippen molar-refractivity contribution in [3.63, 3.8) is 0 Å². The molecule has 7 nitrogen and oxygen atoms in total. The molecular formula is C20H30N4O3. The minimum atomic E-state index is -1.15. The van der Waals surface area contributed by atoms with E-state index in [0.29, 0.717) is 18.3 Å². The van der Waals surface area contributed by atoms with Gasteiger partial charge in [0.15, 0.2) is 5.96 Å². The van der Waals surface area contributed by atoms with Crippen LogP contribution in [0.25, 0.3) is 0 Å².